The van der Waals surface area contributed by atoms with Gasteiger partial charge in [0, 0.05) is 12.6 Å². The maximum atomic E-state index is 12.7. The summed E-state index contributed by atoms with van der Waals surface area (Å²) < 4.78 is 10.6. The minimum Gasteiger partial charge on any atom is -0.497 e. The standard InChI is InChI=1S/C17H22N4O3/c1-23-12-3-4-13(14(9-12)24-2)21-15(18)17(19-16(21)22)10-20-7-5-11(17)6-8-20/h3-4,9,11,18H,5-8,10H2,1-2H3,(H,19,22). The normalized spacial score (nSPS) is 31.5. The minimum absolute atomic E-state index is 0.253. The molecule has 1 unspecified atom stereocenters. The molecular weight excluding hydrogens is 308 g/mol. The summed E-state index contributed by atoms with van der Waals surface area (Å²) in [7, 11) is 3.14. The first kappa shape index (κ1) is 15.3. The molecule has 0 saturated carbocycles. The van der Waals surface area contributed by atoms with Crippen LogP contribution in [0, 0.1) is 11.3 Å². The van der Waals surface area contributed by atoms with Gasteiger partial charge in [-0.15, -0.1) is 0 Å². The van der Waals surface area contributed by atoms with Crippen molar-refractivity contribution in [3.63, 3.8) is 0 Å². The van der Waals surface area contributed by atoms with Crippen LogP contribution in [0.4, 0.5) is 10.5 Å². The fourth-order valence-corrected chi connectivity index (χ4v) is 4.28. The van der Waals surface area contributed by atoms with Crippen molar-refractivity contribution in [2.45, 2.75) is 18.4 Å². The molecule has 4 heterocycles. The highest BCUT2D eigenvalue weighted by Crippen LogP contribution is 2.43. The van der Waals surface area contributed by atoms with E-state index < -0.39 is 5.54 Å². The van der Waals surface area contributed by atoms with Gasteiger partial charge in [0.1, 0.15) is 22.9 Å². The quantitative estimate of drug-likeness (QED) is 0.884. The fraction of sp³-hybridized carbons (Fsp3) is 0.529. The van der Waals surface area contributed by atoms with Gasteiger partial charge in [-0.05, 0) is 44.0 Å². The van der Waals surface area contributed by atoms with Crippen LogP contribution in [0.3, 0.4) is 0 Å². The predicted octanol–water partition coefficient (Wildman–Crippen LogP) is 1.68. The third kappa shape index (κ3) is 2.00. The number of piperidine rings is 3. The van der Waals surface area contributed by atoms with Crippen LogP contribution in [0.15, 0.2) is 18.2 Å². The average Bonchev–Trinajstić information content (AvgIpc) is 2.85. The Morgan fingerprint density at radius 2 is 2.00 bits per heavy atom. The lowest BCUT2D eigenvalue weighted by Crippen LogP contribution is -2.67. The molecule has 1 spiro atoms. The number of hydrogen-bond donors (Lipinski definition) is 2. The average molecular weight is 330 g/mol. The molecule has 2 amide bonds. The molecule has 2 N–H and O–H groups in total. The summed E-state index contributed by atoms with van der Waals surface area (Å²) in [6.45, 7) is 2.83. The number of methoxy groups -OCH3 is 2. The van der Waals surface area contributed by atoms with Crippen LogP contribution in [-0.2, 0) is 0 Å². The number of carbonyl (C=O) groups is 1. The van der Waals surface area contributed by atoms with E-state index in [2.05, 4.69) is 10.2 Å². The van der Waals surface area contributed by atoms with Crippen LogP contribution < -0.4 is 19.7 Å². The highest BCUT2D eigenvalue weighted by atomic mass is 16.5. The van der Waals surface area contributed by atoms with Gasteiger partial charge >= 0.3 is 6.03 Å². The van der Waals surface area contributed by atoms with Crippen molar-refractivity contribution in [2.24, 2.45) is 5.92 Å². The van der Waals surface area contributed by atoms with Crippen molar-refractivity contribution >= 4 is 17.6 Å². The van der Waals surface area contributed by atoms with E-state index in [0.717, 1.165) is 32.5 Å². The molecule has 4 fully saturated rings. The van der Waals surface area contributed by atoms with Crippen LogP contribution >= 0.6 is 0 Å². The molecule has 5 rings (SSSR count). The number of benzene rings is 1. The molecule has 0 radical (unpaired) electrons. The van der Waals surface area contributed by atoms with Gasteiger partial charge in [-0.3, -0.25) is 5.41 Å². The smallest absolute Gasteiger partial charge is 0.328 e. The SMILES string of the molecule is COc1ccc(N2C(=N)C3(CN4CCC3CC4)NC2=O)c(OC)c1. The van der Waals surface area contributed by atoms with E-state index in [0.29, 0.717) is 28.9 Å². The maximum Gasteiger partial charge on any atom is 0.328 e. The molecule has 1 atom stereocenters. The van der Waals surface area contributed by atoms with Crippen LogP contribution in [0.2, 0.25) is 0 Å². The number of rotatable bonds is 3. The first-order valence-corrected chi connectivity index (χ1v) is 8.25. The highest BCUT2D eigenvalue weighted by Gasteiger charge is 2.57. The second kappa shape index (κ2) is 5.37. The number of nitrogens with zero attached hydrogens (tertiary/aromatic N) is 2. The number of amides is 2. The van der Waals surface area contributed by atoms with Crippen molar-refractivity contribution < 1.29 is 14.3 Å². The largest absolute Gasteiger partial charge is 0.497 e. The van der Waals surface area contributed by atoms with Gasteiger partial charge in [0.25, 0.3) is 0 Å². The summed E-state index contributed by atoms with van der Waals surface area (Å²) >= 11 is 0. The summed E-state index contributed by atoms with van der Waals surface area (Å²) in [6, 6.07) is 5.03. The van der Waals surface area contributed by atoms with E-state index in [1.807, 2.05) is 0 Å². The number of hydrogen-bond acceptors (Lipinski definition) is 5. The van der Waals surface area contributed by atoms with Gasteiger partial charge in [-0.1, -0.05) is 0 Å². The molecule has 1 aromatic rings. The number of urea groups is 1. The molecular formula is C17H22N4O3. The minimum atomic E-state index is -0.571. The molecule has 7 nitrogen and oxygen atoms in total. The maximum absolute atomic E-state index is 12.7. The van der Waals surface area contributed by atoms with Crippen molar-refractivity contribution in [3.05, 3.63) is 18.2 Å². The highest BCUT2D eigenvalue weighted by molar-refractivity contribution is 6.25. The van der Waals surface area contributed by atoms with Gasteiger partial charge in [-0.25, -0.2) is 9.69 Å². The van der Waals surface area contributed by atoms with E-state index in [9.17, 15) is 4.79 Å². The second-order valence-corrected chi connectivity index (χ2v) is 6.67. The molecule has 7 heteroatoms. The van der Waals surface area contributed by atoms with E-state index in [4.69, 9.17) is 14.9 Å². The van der Waals surface area contributed by atoms with Crippen LogP contribution in [0.25, 0.3) is 0 Å². The molecule has 4 saturated heterocycles. The predicted molar refractivity (Wildman–Crippen MR) is 90.2 cm³/mol. The molecule has 4 aliphatic heterocycles. The lowest BCUT2D eigenvalue weighted by Gasteiger charge is -2.50. The van der Waals surface area contributed by atoms with Crippen molar-refractivity contribution in [1.82, 2.24) is 10.2 Å². The fourth-order valence-electron chi connectivity index (χ4n) is 4.28. The lowest BCUT2D eigenvalue weighted by atomic mass is 9.72. The van der Waals surface area contributed by atoms with Crippen LogP contribution in [0.5, 0.6) is 11.5 Å². The first-order chi connectivity index (χ1) is 11.6. The Morgan fingerprint density at radius 1 is 1.25 bits per heavy atom. The zero-order valence-corrected chi connectivity index (χ0v) is 14.0. The van der Waals surface area contributed by atoms with E-state index in [1.165, 1.54) is 4.90 Å². The molecule has 2 bridgehead atoms. The summed E-state index contributed by atoms with van der Waals surface area (Å²) in [5, 5.41) is 11.9. The number of carbonyl (C=O) groups excluding carboxylic acids is 1. The zero-order chi connectivity index (χ0) is 16.9. The van der Waals surface area contributed by atoms with Crippen LogP contribution in [-0.4, -0.2) is 56.2 Å². The summed E-state index contributed by atoms with van der Waals surface area (Å²) in [4.78, 5) is 16.5. The number of ether oxygens (including phenoxy) is 2. The Balaban J connectivity index is 1.72. The summed E-state index contributed by atoms with van der Waals surface area (Å²) in [6.07, 6.45) is 2.05. The van der Waals surface area contributed by atoms with Crippen LogP contribution in [0.1, 0.15) is 12.8 Å². The second-order valence-electron chi connectivity index (χ2n) is 6.67. The molecule has 24 heavy (non-hydrogen) atoms. The molecule has 0 aliphatic carbocycles. The number of anilines is 1. The first-order valence-electron chi connectivity index (χ1n) is 8.25. The third-order valence-electron chi connectivity index (χ3n) is 5.56. The zero-order valence-electron chi connectivity index (χ0n) is 14.0. The van der Waals surface area contributed by atoms with Gasteiger partial charge < -0.3 is 19.7 Å². The van der Waals surface area contributed by atoms with E-state index in [1.54, 1.807) is 32.4 Å². The van der Waals surface area contributed by atoms with Gasteiger partial charge in [0.15, 0.2) is 0 Å². The Hall–Kier alpha value is -2.28. The van der Waals surface area contributed by atoms with Crippen molar-refractivity contribution in [3.8, 4) is 11.5 Å². The lowest BCUT2D eigenvalue weighted by molar-refractivity contribution is 0.0529. The molecule has 0 aromatic heterocycles. The summed E-state index contributed by atoms with van der Waals surface area (Å²) in [5.41, 5.74) is 0.00698. The topological polar surface area (TPSA) is 77.9 Å². The monoisotopic (exact) mass is 330 g/mol. The molecule has 4 aliphatic rings. The van der Waals surface area contributed by atoms with Crippen molar-refractivity contribution in [1.29, 1.82) is 5.41 Å². The third-order valence-corrected chi connectivity index (χ3v) is 5.56. The Bertz CT molecular complexity index is 699. The number of nitrogens with one attached hydrogen (secondary N) is 2. The molecule has 1 aromatic carbocycles. The molecule has 128 valence electrons. The summed E-state index contributed by atoms with van der Waals surface area (Å²) in [5.74, 6) is 1.82. The Kier molecular flexibility index (Phi) is 3.42. The van der Waals surface area contributed by atoms with Gasteiger partial charge in [0.2, 0.25) is 0 Å². The van der Waals surface area contributed by atoms with Crippen molar-refractivity contribution in [2.75, 3.05) is 38.8 Å². The Morgan fingerprint density at radius 3 is 2.58 bits per heavy atom. The number of fused-ring (bicyclic) bond motifs is 2. The van der Waals surface area contributed by atoms with Gasteiger partial charge in [0.05, 0.1) is 19.9 Å². The van der Waals surface area contributed by atoms with E-state index in [-0.39, 0.29) is 6.03 Å². The van der Waals surface area contributed by atoms with E-state index >= 15 is 0 Å². The van der Waals surface area contributed by atoms with Gasteiger partial charge in [-0.2, -0.15) is 0 Å². The Labute approximate surface area is 141 Å². The number of amidine groups is 1.